The summed E-state index contributed by atoms with van der Waals surface area (Å²) >= 11 is 6.00. The topological polar surface area (TPSA) is 86.0 Å². The first kappa shape index (κ1) is 12.9. The van der Waals surface area contributed by atoms with Crippen molar-refractivity contribution in [2.45, 2.75) is 0 Å². The zero-order valence-electron chi connectivity index (χ0n) is 9.59. The highest BCUT2D eigenvalue weighted by atomic mass is 35.5. The fourth-order valence-electron chi connectivity index (χ4n) is 1.48. The molecule has 0 bridgehead atoms. The van der Waals surface area contributed by atoms with Crippen LogP contribution in [0.5, 0.6) is 0 Å². The van der Waals surface area contributed by atoms with Gasteiger partial charge in [-0.25, -0.2) is 9.78 Å². The minimum atomic E-state index is -1.02. The molecule has 0 fully saturated rings. The fourth-order valence-corrected chi connectivity index (χ4v) is 1.69. The van der Waals surface area contributed by atoms with Crippen LogP contribution in [0, 0.1) is 11.3 Å². The Kier molecular flexibility index (Phi) is 3.64. The van der Waals surface area contributed by atoms with Gasteiger partial charge in [-0.15, -0.1) is 0 Å². The number of carboxylic acid groups (broad SMARTS) is 1. The molecule has 0 spiro atoms. The van der Waals surface area contributed by atoms with Crippen molar-refractivity contribution in [2.75, 3.05) is 5.32 Å². The molecule has 0 saturated carbocycles. The Balaban J connectivity index is 2.34. The normalized spacial score (nSPS) is 9.68. The lowest BCUT2D eigenvalue weighted by atomic mass is 10.2. The van der Waals surface area contributed by atoms with Crippen LogP contribution < -0.4 is 5.32 Å². The summed E-state index contributed by atoms with van der Waals surface area (Å²) in [5, 5.41) is 20.8. The molecule has 0 atom stereocenters. The molecule has 0 unspecified atom stereocenters. The summed E-state index contributed by atoms with van der Waals surface area (Å²) in [6.45, 7) is 0. The number of aromatic nitrogens is 1. The smallest absolute Gasteiger partial charge is 0.335 e. The third-order valence-electron chi connectivity index (χ3n) is 2.38. The lowest BCUT2D eigenvalue weighted by Gasteiger charge is -2.08. The van der Waals surface area contributed by atoms with Crippen LogP contribution in [0.1, 0.15) is 15.9 Å². The fraction of sp³-hybridized carbons (Fsp3) is 0. The van der Waals surface area contributed by atoms with E-state index >= 15 is 0 Å². The van der Waals surface area contributed by atoms with Gasteiger partial charge in [-0.3, -0.25) is 0 Å². The number of rotatable bonds is 3. The number of carboxylic acids is 1. The molecule has 2 N–H and O–H groups in total. The Hall–Kier alpha value is -2.58. The number of anilines is 2. The SMILES string of the molecule is N#Cc1ccnc(Nc2cccc(C(=O)O)c2)c1Cl. The first-order valence-corrected chi connectivity index (χ1v) is 5.64. The Bertz CT molecular complexity index is 680. The number of nitriles is 1. The van der Waals surface area contributed by atoms with E-state index in [9.17, 15) is 4.79 Å². The Morgan fingerprint density at radius 1 is 1.42 bits per heavy atom. The predicted octanol–water partition coefficient (Wildman–Crippen LogP) is 3.05. The number of hydrogen-bond donors (Lipinski definition) is 2. The molecule has 0 amide bonds. The van der Waals surface area contributed by atoms with E-state index in [1.54, 1.807) is 12.1 Å². The molecule has 94 valence electrons. The van der Waals surface area contributed by atoms with Gasteiger partial charge in [0.25, 0.3) is 0 Å². The number of aromatic carboxylic acids is 1. The van der Waals surface area contributed by atoms with E-state index in [0.29, 0.717) is 17.1 Å². The molecular formula is C13H8ClN3O2. The van der Waals surface area contributed by atoms with E-state index in [-0.39, 0.29) is 10.6 Å². The number of halogens is 1. The van der Waals surface area contributed by atoms with Crippen LogP contribution in [-0.4, -0.2) is 16.1 Å². The van der Waals surface area contributed by atoms with Gasteiger partial charge in [0.2, 0.25) is 0 Å². The second-order valence-corrected chi connectivity index (χ2v) is 4.02. The van der Waals surface area contributed by atoms with E-state index in [4.69, 9.17) is 22.0 Å². The van der Waals surface area contributed by atoms with Crippen molar-refractivity contribution < 1.29 is 9.90 Å². The summed E-state index contributed by atoms with van der Waals surface area (Å²) in [5.41, 5.74) is 0.982. The van der Waals surface area contributed by atoms with Gasteiger partial charge in [-0.1, -0.05) is 17.7 Å². The molecule has 1 heterocycles. The van der Waals surface area contributed by atoms with Crippen LogP contribution in [0.2, 0.25) is 5.02 Å². The van der Waals surface area contributed by atoms with Crippen molar-refractivity contribution in [3.8, 4) is 6.07 Å². The number of nitrogens with one attached hydrogen (secondary N) is 1. The molecule has 19 heavy (non-hydrogen) atoms. The third kappa shape index (κ3) is 2.81. The van der Waals surface area contributed by atoms with Gasteiger partial charge in [0.1, 0.15) is 11.1 Å². The molecule has 6 heteroatoms. The van der Waals surface area contributed by atoms with Gasteiger partial charge in [-0.2, -0.15) is 5.26 Å². The molecule has 1 aromatic heterocycles. The van der Waals surface area contributed by atoms with Crippen LogP contribution >= 0.6 is 11.6 Å². The van der Waals surface area contributed by atoms with E-state index < -0.39 is 5.97 Å². The predicted molar refractivity (Wildman–Crippen MR) is 70.6 cm³/mol. The quantitative estimate of drug-likeness (QED) is 0.897. The number of pyridine rings is 1. The van der Waals surface area contributed by atoms with Gasteiger partial charge in [-0.05, 0) is 24.3 Å². The van der Waals surface area contributed by atoms with Crippen LogP contribution in [0.3, 0.4) is 0 Å². The molecule has 0 aliphatic carbocycles. The lowest BCUT2D eigenvalue weighted by molar-refractivity contribution is 0.0697. The van der Waals surface area contributed by atoms with E-state index in [2.05, 4.69) is 10.3 Å². The second-order valence-electron chi connectivity index (χ2n) is 3.64. The summed E-state index contributed by atoms with van der Waals surface area (Å²) in [6.07, 6.45) is 1.45. The van der Waals surface area contributed by atoms with Crippen molar-refractivity contribution in [3.05, 3.63) is 52.7 Å². The molecule has 0 radical (unpaired) electrons. The van der Waals surface area contributed by atoms with Crippen molar-refractivity contribution >= 4 is 29.1 Å². The zero-order valence-corrected chi connectivity index (χ0v) is 10.3. The average Bonchev–Trinajstić information content (AvgIpc) is 2.41. The van der Waals surface area contributed by atoms with Crippen LogP contribution in [0.15, 0.2) is 36.5 Å². The number of nitrogens with zero attached hydrogens (tertiary/aromatic N) is 2. The Labute approximate surface area is 114 Å². The molecule has 0 aliphatic heterocycles. The van der Waals surface area contributed by atoms with Gasteiger partial charge in [0, 0.05) is 11.9 Å². The van der Waals surface area contributed by atoms with Crippen molar-refractivity contribution in [3.63, 3.8) is 0 Å². The molecule has 5 nitrogen and oxygen atoms in total. The Morgan fingerprint density at radius 2 is 2.21 bits per heavy atom. The summed E-state index contributed by atoms with van der Waals surface area (Å²) < 4.78 is 0. The zero-order chi connectivity index (χ0) is 13.8. The van der Waals surface area contributed by atoms with Crippen molar-refractivity contribution in [2.24, 2.45) is 0 Å². The second kappa shape index (κ2) is 5.38. The van der Waals surface area contributed by atoms with Crippen molar-refractivity contribution in [1.82, 2.24) is 4.98 Å². The molecule has 0 aliphatic rings. The maximum atomic E-state index is 10.9. The first-order valence-electron chi connectivity index (χ1n) is 5.27. The largest absolute Gasteiger partial charge is 0.478 e. The summed E-state index contributed by atoms with van der Waals surface area (Å²) in [7, 11) is 0. The molecule has 2 aromatic rings. The van der Waals surface area contributed by atoms with E-state index in [1.807, 2.05) is 6.07 Å². The van der Waals surface area contributed by atoms with Gasteiger partial charge in [0.15, 0.2) is 5.82 Å². The van der Waals surface area contributed by atoms with Gasteiger partial charge >= 0.3 is 5.97 Å². The highest BCUT2D eigenvalue weighted by molar-refractivity contribution is 6.34. The van der Waals surface area contributed by atoms with E-state index in [0.717, 1.165) is 0 Å². The van der Waals surface area contributed by atoms with Gasteiger partial charge < -0.3 is 10.4 Å². The lowest BCUT2D eigenvalue weighted by Crippen LogP contribution is -1.99. The maximum absolute atomic E-state index is 10.9. The number of hydrogen-bond acceptors (Lipinski definition) is 4. The van der Waals surface area contributed by atoms with Crippen LogP contribution in [0.25, 0.3) is 0 Å². The average molecular weight is 274 g/mol. The molecule has 0 saturated heterocycles. The number of benzene rings is 1. The standard InChI is InChI=1S/C13H8ClN3O2/c14-11-9(7-15)4-5-16-12(11)17-10-3-1-2-8(6-10)13(18)19/h1-6H,(H,16,17)(H,18,19). The minimum absolute atomic E-state index is 0.151. The summed E-state index contributed by atoms with van der Waals surface area (Å²) in [4.78, 5) is 14.9. The summed E-state index contributed by atoms with van der Waals surface area (Å²) in [6, 6.07) is 9.67. The third-order valence-corrected chi connectivity index (χ3v) is 2.76. The van der Waals surface area contributed by atoms with Crippen LogP contribution in [0.4, 0.5) is 11.5 Å². The molecule has 2 rings (SSSR count). The monoisotopic (exact) mass is 273 g/mol. The van der Waals surface area contributed by atoms with E-state index in [1.165, 1.54) is 24.4 Å². The molecule has 1 aromatic carbocycles. The molecular weight excluding hydrogens is 266 g/mol. The number of carbonyl (C=O) groups is 1. The minimum Gasteiger partial charge on any atom is -0.478 e. The maximum Gasteiger partial charge on any atom is 0.335 e. The first-order chi connectivity index (χ1) is 9.11. The highest BCUT2D eigenvalue weighted by Gasteiger charge is 2.08. The van der Waals surface area contributed by atoms with Crippen LogP contribution in [-0.2, 0) is 0 Å². The summed E-state index contributed by atoms with van der Waals surface area (Å²) in [5.74, 6) is -0.711. The highest BCUT2D eigenvalue weighted by Crippen LogP contribution is 2.26. The van der Waals surface area contributed by atoms with Crippen molar-refractivity contribution in [1.29, 1.82) is 5.26 Å². The van der Waals surface area contributed by atoms with Gasteiger partial charge in [0.05, 0.1) is 11.1 Å². The Morgan fingerprint density at radius 3 is 2.89 bits per heavy atom.